The molecule has 1 atom stereocenters. The molecular weight excluding hydrogens is 250 g/mol. The van der Waals surface area contributed by atoms with Crippen molar-refractivity contribution in [2.45, 2.75) is 19.8 Å². The van der Waals surface area contributed by atoms with Gasteiger partial charge in [0.05, 0.1) is 19.1 Å². The summed E-state index contributed by atoms with van der Waals surface area (Å²) in [4.78, 5) is 22.7. The molecule has 18 heavy (non-hydrogen) atoms. The zero-order valence-corrected chi connectivity index (χ0v) is 10.1. The Kier molecular flexibility index (Phi) is 7.93. The molecule has 0 saturated heterocycles. The normalized spacial score (nSPS) is 12.3. The van der Waals surface area contributed by atoms with Gasteiger partial charge in [-0.25, -0.2) is 13.6 Å². The number of rotatable bonds is 8. The van der Waals surface area contributed by atoms with Crippen LogP contribution in [0.25, 0.3) is 0 Å². The number of aliphatic hydroxyl groups is 1. The zero-order valence-electron chi connectivity index (χ0n) is 10.1. The van der Waals surface area contributed by atoms with E-state index >= 15 is 0 Å². The molecule has 106 valence electrons. The van der Waals surface area contributed by atoms with Crippen molar-refractivity contribution in [3.63, 3.8) is 0 Å². The number of carboxylic acid groups (broad SMARTS) is 1. The molecule has 0 aliphatic rings. The summed E-state index contributed by atoms with van der Waals surface area (Å²) in [5, 5.41) is 19.6. The molecule has 0 spiro atoms. The van der Waals surface area contributed by atoms with Crippen LogP contribution in [-0.2, 0) is 4.79 Å². The second-order valence-corrected chi connectivity index (χ2v) is 3.82. The van der Waals surface area contributed by atoms with E-state index < -0.39 is 37.5 Å². The van der Waals surface area contributed by atoms with Gasteiger partial charge in [-0.15, -0.1) is 0 Å². The Morgan fingerprint density at radius 3 is 2.44 bits per heavy atom. The van der Waals surface area contributed by atoms with E-state index in [4.69, 9.17) is 10.2 Å². The number of hydrogen-bond donors (Lipinski definition) is 3. The molecule has 0 aromatic carbocycles. The average Bonchev–Trinajstić information content (AvgIpc) is 2.27. The molecule has 0 rings (SSSR count). The molecule has 0 aromatic heterocycles. The monoisotopic (exact) mass is 268 g/mol. The van der Waals surface area contributed by atoms with E-state index in [9.17, 15) is 18.4 Å². The molecule has 0 fully saturated rings. The van der Waals surface area contributed by atoms with Crippen LogP contribution in [0.15, 0.2) is 0 Å². The van der Waals surface area contributed by atoms with Gasteiger partial charge in [-0.05, 0) is 6.42 Å². The molecule has 8 heteroatoms. The number of carbonyl (C=O) groups is 2. The molecule has 3 N–H and O–H groups in total. The molecule has 0 aromatic rings. The van der Waals surface area contributed by atoms with E-state index in [0.29, 0.717) is 0 Å². The lowest BCUT2D eigenvalue weighted by atomic mass is 10.1. The molecule has 0 heterocycles. The van der Waals surface area contributed by atoms with Gasteiger partial charge in [0.15, 0.2) is 0 Å². The standard InChI is InChI=1S/C10H18F2N2O4/c1-7(9(16)17)2-3-13-10(18)14(4-5-15)6-8(11)12/h7-8,15H,2-6H2,1H3,(H,13,18)(H,16,17). The summed E-state index contributed by atoms with van der Waals surface area (Å²) < 4.78 is 24.3. The predicted molar refractivity (Wildman–Crippen MR) is 59.5 cm³/mol. The van der Waals surface area contributed by atoms with Gasteiger partial charge in [0.2, 0.25) is 0 Å². The molecule has 0 radical (unpaired) electrons. The third-order valence-electron chi connectivity index (χ3n) is 2.29. The minimum atomic E-state index is -2.68. The predicted octanol–water partition coefficient (Wildman–Crippen LogP) is 0.366. The number of alkyl halides is 2. The second kappa shape index (κ2) is 8.62. The lowest BCUT2D eigenvalue weighted by molar-refractivity contribution is -0.141. The third-order valence-corrected chi connectivity index (χ3v) is 2.29. The van der Waals surface area contributed by atoms with Gasteiger partial charge in [0, 0.05) is 13.1 Å². The highest BCUT2D eigenvalue weighted by Crippen LogP contribution is 2.01. The van der Waals surface area contributed by atoms with Gasteiger partial charge in [-0.2, -0.15) is 0 Å². The maximum atomic E-state index is 12.1. The SMILES string of the molecule is CC(CCNC(=O)N(CCO)CC(F)F)C(=O)O. The number of aliphatic carboxylic acids is 1. The number of amides is 2. The van der Waals surface area contributed by atoms with Gasteiger partial charge in [0.1, 0.15) is 0 Å². The fourth-order valence-electron chi connectivity index (χ4n) is 1.19. The van der Waals surface area contributed by atoms with Crippen molar-refractivity contribution in [1.82, 2.24) is 10.2 Å². The summed E-state index contributed by atoms with van der Waals surface area (Å²) in [6.45, 7) is 0.202. The van der Waals surface area contributed by atoms with Crippen LogP contribution in [0, 0.1) is 5.92 Å². The number of carbonyl (C=O) groups excluding carboxylic acids is 1. The van der Waals surface area contributed by atoms with Crippen LogP contribution in [0.5, 0.6) is 0 Å². The maximum Gasteiger partial charge on any atom is 0.317 e. The van der Waals surface area contributed by atoms with Gasteiger partial charge in [-0.1, -0.05) is 6.92 Å². The van der Waals surface area contributed by atoms with Crippen molar-refractivity contribution in [1.29, 1.82) is 0 Å². The number of nitrogens with zero attached hydrogens (tertiary/aromatic N) is 1. The summed E-state index contributed by atoms with van der Waals surface area (Å²) in [6, 6.07) is -0.734. The van der Waals surface area contributed by atoms with Crippen molar-refractivity contribution in [2.24, 2.45) is 5.92 Å². The van der Waals surface area contributed by atoms with Crippen molar-refractivity contribution in [3.8, 4) is 0 Å². The molecule has 0 aliphatic heterocycles. The van der Waals surface area contributed by atoms with Crippen LogP contribution in [0.2, 0.25) is 0 Å². The molecule has 0 aliphatic carbocycles. The Balaban J connectivity index is 4.06. The highest BCUT2D eigenvalue weighted by atomic mass is 19.3. The van der Waals surface area contributed by atoms with E-state index in [1.807, 2.05) is 0 Å². The highest BCUT2D eigenvalue weighted by molar-refractivity contribution is 5.74. The van der Waals surface area contributed by atoms with Crippen LogP contribution < -0.4 is 5.32 Å². The van der Waals surface area contributed by atoms with E-state index in [1.54, 1.807) is 0 Å². The fourth-order valence-corrected chi connectivity index (χ4v) is 1.19. The van der Waals surface area contributed by atoms with Crippen LogP contribution in [0.1, 0.15) is 13.3 Å². The zero-order chi connectivity index (χ0) is 14.1. The first-order valence-corrected chi connectivity index (χ1v) is 5.53. The summed E-state index contributed by atoms with van der Waals surface area (Å²) in [7, 11) is 0. The molecule has 0 bridgehead atoms. The first kappa shape index (κ1) is 16.6. The van der Waals surface area contributed by atoms with Crippen LogP contribution in [-0.4, -0.2) is 59.8 Å². The molecule has 2 amide bonds. The van der Waals surface area contributed by atoms with Crippen molar-refractivity contribution in [3.05, 3.63) is 0 Å². The third kappa shape index (κ3) is 7.00. The van der Waals surface area contributed by atoms with Gasteiger partial charge < -0.3 is 20.4 Å². The van der Waals surface area contributed by atoms with E-state index in [0.717, 1.165) is 4.90 Å². The summed E-state index contributed by atoms with van der Waals surface area (Å²) in [6.07, 6.45) is -2.47. The van der Waals surface area contributed by atoms with E-state index in [1.165, 1.54) is 6.92 Å². The molecular formula is C10H18F2N2O4. The highest BCUT2D eigenvalue weighted by Gasteiger charge is 2.18. The Labute approximate surface area is 104 Å². The number of hydrogen-bond acceptors (Lipinski definition) is 3. The van der Waals surface area contributed by atoms with Crippen molar-refractivity contribution in [2.75, 3.05) is 26.2 Å². The molecule has 0 saturated carbocycles. The minimum Gasteiger partial charge on any atom is -0.481 e. The quantitative estimate of drug-likeness (QED) is 0.593. The topological polar surface area (TPSA) is 89.9 Å². The van der Waals surface area contributed by atoms with Crippen molar-refractivity contribution < 1.29 is 28.6 Å². The average molecular weight is 268 g/mol. The Morgan fingerprint density at radius 1 is 1.39 bits per heavy atom. The Morgan fingerprint density at radius 2 is 2.00 bits per heavy atom. The number of urea groups is 1. The number of halogens is 2. The lowest BCUT2D eigenvalue weighted by Crippen LogP contribution is -2.44. The van der Waals surface area contributed by atoms with Crippen LogP contribution in [0.3, 0.4) is 0 Å². The fraction of sp³-hybridized carbons (Fsp3) is 0.800. The second-order valence-electron chi connectivity index (χ2n) is 3.82. The minimum absolute atomic E-state index is 0.0808. The van der Waals surface area contributed by atoms with E-state index in [2.05, 4.69) is 5.32 Å². The Hall–Kier alpha value is -1.44. The Bertz CT molecular complexity index is 277. The van der Waals surface area contributed by atoms with Crippen LogP contribution in [0.4, 0.5) is 13.6 Å². The van der Waals surface area contributed by atoms with Gasteiger partial charge in [0.25, 0.3) is 6.43 Å². The van der Waals surface area contributed by atoms with Gasteiger partial charge in [-0.3, -0.25) is 4.79 Å². The van der Waals surface area contributed by atoms with Crippen LogP contribution >= 0.6 is 0 Å². The molecule has 6 nitrogen and oxygen atoms in total. The van der Waals surface area contributed by atoms with E-state index in [-0.39, 0.29) is 19.5 Å². The summed E-state index contributed by atoms with van der Waals surface area (Å²) in [5.41, 5.74) is 0. The number of aliphatic hydroxyl groups excluding tert-OH is 1. The number of nitrogens with one attached hydrogen (secondary N) is 1. The van der Waals surface area contributed by atoms with Crippen molar-refractivity contribution >= 4 is 12.0 Å². The first-order valence-electron chi connectivity index (χ1n) is 5.53. The largest absolute Gasteiger partial charge is 0.481 e. The van der Waals surface area contributed by atoms with Gasteiger partial charge >= 0.3 is 12.0 Å². The molecule has 1 unspecified atom stereocenters. The number of carboxylic acids is 1. The summed E-state index contributed by atoms with van der Waals surface area (Å²) in [5.74, 6) is -1.60. The first-order chi connectivity index (χ1) is 8.38. The maximum absolute atomic E-state index is 12.1. The summed E-state index contributed by atoms with van der Waals surface area (Å²) >= 11 is 0. The lowest BCUT2D eigenvalue weighted by Gasteiger charge is -2.21. The smallest absolute Gasteiger partial charge is 0.317 e.